The van der Waals surface area contributed by atoms with E-state index in [1.54, 1.807) is 0 Å². The Morgan fingerprint density at radius 3 is 3.08 bits per heavy atom. The average molecular weight is 204 g/mol. The molecule has 1 heterocycles. The Bertz CT molecular complexity index is 164. The number of ether oxygens (including phenoxy) is 1. The van der Waals surface area contributed by atoms with E-state index >= 15 is 0 Å². The van der Waals surface area contributed by atoms with Gasteiger partial charge in [0, 0.05) is 28.6 Å². The molecule has 68 valence electrons. The largest absolute Gasteiger partial charge is 0.461 e. The van der Waals surface area contributed by atoms with Crippen LogP contribution in [0.3, 0.4) is 0 Å². The van der Waals surface area contributed by atoms with Crippen molar-refractivity contribution >= 4 is 29.5 Å². The molecule has 0 bridgehead atoms. The third kappa shape index (κ3) is 3.54. The van der Waals surface area contributed by atoms with Gasteiger partial charge in [-0.15, -0.1) is 0 Å². The molecule has 1 aliphatic rings. The zero-order chi connectivity index (χ0) is 8.81. The van der Waals surface area contributed by atoms with Gasteiger partial charge in [-0.1, -0.05) is 6.58 Å². The number of carbonyl (C=O) groups excluding carboxylic acids is 1. The zero-order valence-electron chi connectivity index (χ0n) is 6.82. The number of hydrogen-bond acceptors (Lipinski definition) is 4. The molecule has 0 aromatic rings. The number of esters is 1. The van der Waals surface area contributed by atoms with Gasteiger partial charge in [0.25, 0.3) is 0 Å². The zero-order valence-corrected chi connectivity index (χ0v) is 8.46. The van der Waals surface area contributed by atoms with Gasteiger partial charge < -0.3 is 4.74 Å². The van der Waals surface area contributed by atoms with E-state index in [1.165, 1.54) is 17.6 Å². The van der Waals surface area contributed by atoms with Crippen molar-refractivity contribution in [2.75, 3.05) is 23.9 Å². The van der Waals surface area contributed by atoms with Gasteiger partial charge in [0.15, 0.2) is 0 Å². The van der Waals surface area contributed by atoms with Gasteiger partial charge in [-0.3, -0.25) is 0 Å². The van der Waals surface area contributed by atoms with Crippen molar-refractivity contribution in [3.8, 4) is 0 Å². The van der Waals surface area contributed by atoms with Crippen LogP contribution >= 0.6 is 23.5 Å². The molecule has 1 unspecified atom stereocenters. The first kappa shape index (κ1) is 9.99. The second kappa shape index (κ2) is 5.54. The number of carbonyl (C=O) groups is 1. The molecule has 0 amide bonds. The lowest BCUT2D eigenvalue weighted by molar-refractivity contribution is -0.137. The molecule has 1 atom stereocenters. The molecule has 0 spiro atoms. The van der Waals surface area contributed by atoms with Gasteiger partial charge in [0.2, 0.25) is 0 Å². The molecule has 0 aromatic carbocycles. The molecule has 0 N–H and O–H groups in total. The highest BCUT2D eigenvalue weighted by molar-refractivity contribution is 8.06. The third-order valence-corrected chi connectivity index (χ3v) is 4.28. The Morgan fingerprint density at radius 2 is 2.50 bits per heavy atom. The molecule has 1 aliphatic heterocycles. The standard InChI is InChI=1S/C8H12O2S2/c1-2-8(9)10-5-7-6-11-3-4-12-7/h2,7H,1,3-6H2. The second-order valence-electron chi connectivity index (χ2n) is 2.40. The van der Waals surface area contributed by atoms with Gasteiger partial charge in [-0.25, -0.2) is 4.79 Å². The van der Waals surface area contributed by atoms with Crippen LogP contribution in [0.5, 0.6) is 0 Å². The first-order valence-corrected chi connectivity index (χ1v) is 6.02. The minimum Gasteiger partial charge on any atom is -0.461 e. The Labute approximate surface area is 81.1 Å². The summed E-state index contributed by atoms with van der Waals surface area (Å²) in [6.07, 6.45) is 1.21. The van der Waals surface area contributed by atoms with Crippen LogP contribution in [0.15, 0.2) is 12.7 Å². The smallest absolute Gasteiger partial charge is 0.330 e. The van der Waals surface area contributed by atoms with Crippen molar-refractivity contribution in [2.24, 2.45) is 0 Å². The fourth-order valence-corrected chi connectivity index (χ4v) is 3.42. The second-order valence-corrected chi connectivity index (χ2v) is 4.96. The van der Waals surface area contributed by atoms with E-state index in [4.69, 9.17) is 4.74 Å². The van der Waals surface area contributed by atoms with Gasteiger partial charge in [0.1, 0.15) is 6.61 Å². The van der Waals surface area contributed by atoms with Crippen LogP contribution in [0.25, 0.3) is 0 Å². The number of rotatable bonds is 3. The van der Waals surface area contributed by atoms with Crippen molar-refractivity contribution in [2.45, 2.75) is 5.25 Å². The van der Waals surface area contributed by atoms with E-state index in [0.717, 1.165) is 5.75 Å². The topological polar surface area (TPSA) is 26.3 Å². The summed E-state index contributed by atoms with van der Waals surface area (Å²) in [7, 11) is 0. The van der Waals surface area contributed by atoms with E-state index in [9.17, 15) is 4.79 Å². The summed E-state index contributed by atoms with van der Waals surface area (Å²) in [6.45, 7) is 3.87. The van der Waals surface area contributed by atoms with Crippen LogP contribution in [0.4, 0.5) is 0 Å². The lowest BCUT2D eigenvalue weighted by Gasteiger charge is -2.19. The quantitative estimate of drug-likeness (QED) is 0.515. The molecule has 12 heavy (non-hydrogen) atoms. The lowest BCUT2D eigenvalue weighted by atomic mass is 10.5. The fourth-order valence-electron chi connectivity index (χ4n) is 0.867. The maximum atomic E-state index is 10.7. The average Bonchev–Trinajstić information content (AvgIpc) is 2.16. The van der Waals surface area contributed by atoms with Crippen molar-refractivity contribution in [3.05, 3.63) is 12.7 Å². The van der Waals surface area contributed by atoms with Crippen molar-refractivity contribution in [3.63, 3.8) is 0 Å². The van der Waals surface area contributed by atoms with Crippen LogP contribution in [-0.2, 0) is 9.53 Å². The molecular weight excluding hydrogens is 192 g/mol. The summed E-state index contributed by atoms with van der Waals surface area (Å²) in [5.74, 6) is 3.17. The monoisotopic (exact) mass is 204 g/mol. The Kier molecular flexibility index (Phi) is 4.61. The molecule has 1 fully saturated rings. The highest BCUT2D eigenvalue weighted by Gasteiger charge is 2.15. The summed E-state index contributed by atoms with van der Waals surface area (Å²) >= 11 is 3.81. The Hall–Kier alpha value is -0.0900. The Balaban J connectivity index is 2.12. The van der Waals surface area contributed by atoms with Crippen LogP contribution in [0.2, 0.25) is 0 Å². The first-order chi connectivity index (χ1) is 5.83. The molecular formula is C8H12O2S2. The van der Waals surface area contributed by atoms with Crippen LogP contribution in [0, 0.1) is 0 Å². The van der Waals surface area contributed by atoms with E-state index in [-0.39, 0.29) is 5.97 Å². The van der Waals surface area contributed by atoms with E-state index < -0.39 is 0 Å². The fraction of sp³-hybridized carbons (Fsp3) is 0.625. The summed E-state index contributed by atoms with van der Waals surface area (Å²) in [5.41, 5.74) is 0. The molecule has 2 nitrogen and oxygen atoms in total. The molecule has 0 radical (unpaired) electrons. The number of thioether (sulfide) groups is 2. The molecule has 0 aromatic heterocycles. The maximum Gasteiger partial charge on any atom is 0.330 e. The SMILES string of the molecule is C=CC(=O)OCC1CSCCS1. The van der Waals surface area contributed by atoms with Gasteiger partial charge in [-0.05, 0) is 0 Å². The highest BCUT2D eigenvalue weighted by atomic mass is 32.2. The lowest BCUT2D eigenvalue weighted by Crippen LogP contribution is -2.21. The normalized spacial score (nSPS) is 23.2. The summed E-state index contributed by atoms with van der Waals surface area (Å²) in [4.78, 5) is 10.7. The maximum absolute atomic E-state index is 10.7. The van der Waals surface area contributed by atoms with Gasteiger partial charge in [-0.2, -0.15) is 23.5 Å². The summed E-state index contributed by atoms with van der Waals surface area (Å²) in [6, 6.07) is 0. The predicted molar refractivity (Wildman–Crippen MR) is 54.7 cm³/mol. The highest BCUT2D eigenvalue weighted by Crippen LogP contribution is 2.23. The van der Waals surface area contributed by atoms with E-state index in [2.05, 4.69) is 6.58 Å². The van der Waals surface area contributed by atoms with E-state index in [0.29, 0.717) is 11.9 Å². The van der Waals surface area contributed by atoms with E-state index in [1.807, 2.05) is 23.5 Å². The van der Waals surface area contributed by atoms with Crippen LogP contribution in [0.1, 0.15) is 0 Å². The molecule has 1 rings (SSSR count). The predicted octanol–water partition coefficient (Wildman–Crippen LogP) is 1.56. The number of hydrogen-bond donors (Lipinski definition) is 0. The van der Waals surface area contributed by atoms with Crippen molar-refractivity contribution in [1.29, 1.82) is 0 Å². The molecule has 0 saturated carbocycles. The summed E-state index contributed by atoms with van der Waals surface area (Å²) in [5, 5.41) is 0.479. The van der Waals surface area contributed by atoms with Gasteiger partial charge >= 0.3 is 5.97 Å². The van der Waals surface area contributed by atoms with Crippen molar-refractivity contribution in [1.82, 2.24) is 0 Å². The minimum absolute atomic E-state index is 0.314. The first-order valence-electron chi connectivity index (χ1n) is 3.81. The molecule has 4 heteroatoms. The Morgan fingerprint density at radius 1 is 1.67 bits per heavy atom. The van der Waals surface area contributed by atoms with Gasteiger partial charge in [0.05, 0.1) is 0 Å². The molecule has 1 saturated heterocycles. The summed E-state index contributed by atoms with van der Waals surface area (Å²) < 4.78 is 4.94. The molecule has 0 aliphatic carbocycles. The van der Waals surface area contributed by atoms with Crippen LogP contribution in [-0.4, -0.2) is 35.1 Å². The van der Waals surface area contributed by atoms with Crippen LogP contribution < -0.4 is 0 Å². The third-order valence-electron chi connectivity index (χ3n) is 1.46. The van der Waals surface area contributed by atoms with Crippen molar-refractivity contribution < 1.29 is 9.53 Å². The minimum atomic E-state index is -0.314.